The molecule has 0 radical (unpaired) electrons. The normalized spacial score (nSPS) is 16.2. The van der Waals surface area contributed by atoms with E-state index in [1.807, 2.05) is 12.1 Å². The third-order valence-corrected chi connectivity index (χ3v) is 4.82. The molecule has 0 spiro atoms. The Kier molecular flexibility index (Phi) is 4.18. The lowest BCUT2D eigenvalue weighted by atomic mass is 9.92. The number of rotatable bonds is 3. The molecule has 0 unspecified atom stereocenters. The smallest absolute Gasteiger partial charge is 0.0867 e. The summed E-state index contributed by atoms with van der Waals surface area (Å²) in [4.78, 5) is 7.58. The maximum Gasteiger partial charge on any atom is 0.0867 e. The van der Waals surface area contributed by atoms with Crippen molar-refractivity contribution in [2.75, 3.05) is 0 Å². The Morgan fingerprint density at radius 3 is 2.76 bits per heavy atom. The van der Waals surface area contributed by atoms with Crippen molar-refractivity contribution in [2.45, 2.75) is 39.0 Å². The van der Waals surface area contributed by atoms with Crippen molar-refractivity contribution in [3.63, 3.8) is 0 Å². The van der Waals surface area contributed by atoms with Crippen LogP contribution in [0.3, 0.4) is 0 Å². The zero-order valence-electron chi connectivity index (χ0n) is 14.7. The Morgan fingerprint density at radius 1 is 1.12 bits per heavy atom. The predicted octanol–water partition coefficient (Wildman–Crippen LogP) is 4.85. The van der Waals surface area contributed by atoms with Crippen LogP contribution in [-0.4, -0.2) is 21.9 Å². The summed E-state index contributed by atoms with van der Waals surface area (Å²) in [5, 5.41) is 10.1. The molecule has 126 valence electrons. The number of nitrogens with zero attached hydrogens (tertiary/aromatic N) is 3. The van der Waals surface area contributed by atoms with Crippen LogP contribution in [-0.2, 0) is 6.42 Å². The minimum atomic E-state index is 0.539. The van der Waals surface area contributed by atoms with Crippen LogP contribution in [0.15, 0.2) is 52.9 Å². The van der Waals surface area contributed by atoms with Gasteiger partial charge >= 0.3 is 0 Å². The molecular formula is C21H22N4. The van der Waals surface area contributed by atoms with Gasteiger partial charge in [-0.3, -0.25) is 4.98 Å². The van der Waals surface area contributed by atoms with Gasteiger partial charge in [0.25, 0.3) is 0 Å². The Balaban J connectivity index is 1.71. The van der Waals surface area contributed by atoms with E-state index in [-0.39, 0.29) is 0 Å². The van der Waals surface area contributed by atoms with Crippen LogP contribution in [0.25, 0.3) is 10.9 Å². The van der Waals surface area contributed by atoms with E-state index in [4.69, 9.17) is 0 Å². The third kappa shape index (κ3) is 3.12. The van der Waals surface area contributed by atoms with Crippen LogP contribution in [0, 0.1) is 0 Å². The molecule has 3 aromatic rings. The van der Waals surface area contributed by atoms with E-state index < -0.39 is 0 Å². The van der Waals surface area contributed by atoms with Gasteiger partial charge in [-0.05, 0) is 66.1 Å². The van der Waals surface area contributed by atoms with Gasteiger partial charge in [0.05, 0.1) is 17.6 Å². The van der Waals surface area contributed by atoms with Gasteiger partial charge in [0.2, 0.25) is 0 Å². The zero-order valence-corrected chi connectivity index (χ0v) is 14.7. The summed E-state index contributed by atoms with van der Waals surface area (Å²) in [6, 6.07) is 10.6. The summed E-state index contributed by atoms with van der Waals surface area (Å²) >= 11 is 0. The molecular weight excluding hydrogens is 308 g/mol. The summed E-state index contributed by atoms with van der Waals surface area (Å²) in [5.41, 5.74) is 7.19. The standard InChI is InChI=1S/C21H22N4/c1-14(2)16-6-7-19-18(12-16)17-4-3-5-20(21(17)24-19)25-23-13-15-8-10-22-11-9-15/h6-14,24H,3-5H2,1-2H3/b23-13+,25-20+. The summed E-state index contributed by atoms with van der Waals surface area (Å²) < 4.78 is 0. The molecule has 4 nitrogen and oxygen atoms in total. The van der Waals surface area contributed by atoms with Crippen molar-refractivity contribution in [3.8, 4) is 0 Å². The molecule has 1 aliphatic rings. The Hall–Kier alpha value is -2.75. The average molecular weight is 330 g/mol. The monoisotopic (exact) mass is 330 g/mol. The quantitative estimate of drug-likeness (QED) is 0.542. The highest BCUT2D eigenvalue weighted by molar-refractivity contribution is 6.06. The molecule has 0 saturated carbocycles. The molecule has 4 heteroatoms. The summed E-state index contributed by atoms with van der Waals surface area (Å²) in [6.45, 7) is 4.47. The molecule has 25 heavy (non-hydrogen) atoms. The number of aryl methyl sites for hydroxylation is 1. The number of fused-ring (bicyclic) bond motifs is 3. The van der Waals surface area contributed by atoms with Gasteiger partial charge in [0.15, 0.2) is 0 Å². The first kappa shape index (κ1) is 15.8. The van der Waals surface area contributed by atoms with Gasteiger partial charge in [-0.25, -0.2) is 0 Å². The second-order valence-electron chi connectivity index (χ2n) is 6.86. The number of aromatic nitrogens is 2. The number of pyridine rings is 1. The van der Waals surface area contributed by atoms with Crippen molar-refractivity contribution < 1.29 is 0 Å². The highest BCUT2D eigenvalue weighted by atomic mass is 15.2. The van der Waals surface area contributed by atoms with Crippen LogP contribution >= 0.6 is 0 Å². The molecule has 0 atom stereocenters. The highest BCUT2D eigenvalue weighted by Crippen LogP contribution is 2.31. The largest absolute Gasteiger partial charge is 0.353 e. The number of benzene rings is 1. The van der Waals surface area contributed by atoms with Crippen LogP contribution < -0.4 is 0 Å². The first-order valence-corrected chi connectivity index (χ1v) is 8.87. The van der Waals surface area contributed by atoms with Crippen LogP contribution in [0.2, 0.25) is 0 Å². The molecule has 4 rings (SSSR count). The summed E-state index contributed by atoms with van der Waals surface area (Å²) in [5.74, 6) is 0.539. The molecule has 1 N–H and O–H groups in total. The number of aromatic amines is 1. The maximum atomic E-state index is 4.51. The Bertz CT molecular complexity index is 949. The minimum absolute atomic E-state index is 0.539. The molecule has 1 aliphatic carbocycles. The van der Waals surface area contributed by atoms with Crippen molar-refractivity contribution in [1.29, 1.82) is 0 Å². The fraction of sp³-hybridized carbons (Fsp3) is 0.286. The van der Waals surface area contributed by atoms with Gasteiger partial charge < -0.3 is 4.98 Å². The van der Waals surface area contributed by atoms with Crippen LogP contribution in [0.4, 0.5) is 0 Å². The number of hydrogen-bond acceptors (Lipinski definition) is 3. The molecule has 0 amide bonds. The van der Waals surface area contributed by atoms with E-state index in [0.717, 1.165) is 36.2 Å². The topological polar surface area (TPSA) is 53.4 Å². The molecule has 2 aromatic heterocycles. The second-order valence-corrected chi connectivity index (χ2v) is 6.86. The summed E-state index contributed by atoms with van der Waals surface area (Å²) in [7, 11) is 0. The fourth-order valence-corrected chi connectivity index (χ4v) is 3.40. The number of hydrogen-bond donors (Lipinski definition) is 1. The van der Waals surface area contributed by atoms with Gasteiger partial charge in [-0.15, -0.1) is 0 Å². The van der Waals surface area contributed by atoms with Gasteiger partial charge in [0.1, 0.15) is 0 Å². The molecule has 2 heterocycles. The van der Waals surface area contributed by atoms with E-state index in [1.165, 1.54) is 22.0 Å². The van der Waals surface area contributed by atoms with E-state index >= 15 is 0 Å². The fourth-order valence-electron chi connectivity index (χ4n) is 3.40. The Labute approximate surface area is 147 Å². The summed E-state index contributed by atoms with van der Waals surface area (Å²) in [6.07, 6.45) is 8.49. The third-order valence-electron chi connectivity index (χ3n) is 4.82. The van der Waals surface area contributed by atoms with E-state index in [1.54, 1.807) is 18.6 Å². The highest BCUT2D eigenvalue weighted by Gasteiger charge is 2.21. The molecule has 1 aromatic carbocycles. The number of nitrogens with one attached hydrogen (secondary N) is 1. The second kappa shape index (κ2) is 6.63. The minimum Gasteiger partial charge on any atom is -0.353 e. The lowest BCUT2D eigenvalue weighted by molar-refractivity contribution is 0.836. The van der Waals surface area contributed by atoms with Crippen molar-refractivity contribution in [1.82, 2.24) is 9.97 Å². The molecule has 0 bridgehead atoms. The van der Waals surface area contributed by atoms with Crippen molar-refractivity contribution >= 4 is 22.8 Å². The van der Waals surface area contributed by atoms with Crippen molar-refractivity contribution in [3.05, 3.63) is 65.1 Å². The predicted molar refractivity (Wildman–Crippen MR) is 104 cm³/mol. The van der Waals surface area contributed by atoms with Crippen molar-refractivity contribution in [2.24, 2.45) is 10.2 Å². The van der Waals surface area contributed by atoms with Crippen LogP contribution in [0.1, 0.15) is 55.0 Å². The molecule has 0 fully saturated rings. The van der Waals surface area contributed by atoms with Gasteiger partial charge in [-0.1, -0.05) is 19.9 Å². The first-order valence-electron chi connectivity index (χ1n) is 8.87. The number of H-pyrrole nitrogens is 1. The lowest BCUT2D eigenvalue weighted by Gasteiger charge is -2.13. The zero-order chi connectivity index (χ0) is 17.2. The first-order chi connectivity index (χ1) is 12.2. The Morgan fingerprint density at radius 2 is 1.96 bits per heavy atom. The SMILES string of the molecule is CC(C)c1ccc2[nH]c3c(c2c1)CCC/C3=N\N=C\c1ccncc1. The lowest BCUT2D eigenvalue weighted by Crippen LogP contribution is -2.10. The maximum absolute atomic E-state index is 4.51. The molecule has 0 aliphatic heterocycles. The van der Waals surface area contributed by atoms with Gasteiger partial charge in [-0.2, -0.15) is 10.2 Å². The average Bonchev–Trinajstić information content (AvgIpc) is 3.01. The molecule has 0 saturated heterocycles. The van der Waals surface area contributed by atoms with E-state index in [0.29, 0.717) is 5.92 Å². The van der Waals surface area contributed by atoms with Gasteiger partial charge in [0, 0.05) is 23.3 Å². The van der Waals surface area contributed by atoms with E-state index in [9.17, 15) is 0 Å². The van der Waals surface area contributed by atoms with E-state index in [2.05, 4.69) is 52.2 Å². The van der Waals surface area contributed by atoms with Crippen LogP contribution in [0.5, 0.6) is 0 Å².